The summed E-state index contributed by atoms with van der Waals surface area (Å²) in [5, 5.41) is 2.11. The zero-order valence-corrected chi connectivity index (χ0v) is 14.2. The molecule has 8 heteroatoms. The number of thiophene rings is 1. The first-order chi connectivity index (χ1) is 12.1. The van der Waals surface area contributed by atoms with E-state index < -0.39 is 5.91 Å². The first-order valence-corrected chi connectivity index (χ1v) is 8.49. The molecule has 0 fully saturated rings. The van der Waals surface area contributed by atoms with E-state index in [1.807, 2.05) is 37.4 Å². The molecule has 25 heavy (non-hydrogen) atoms. The molecular weight excluding hydrogens is 342 g/mol. The van der Waals surface area contributed by atoms with Gasteiger partial charge in [-0.1, -0.05) is 18.2 Å². The van der Waals surface area contributed by atoms with E-state index in [1.165, 1.54) is 17.6 Å². The Balaban J connectivity index is 1.53. The molecule has 0 unspecified atom stereocenters. The van der Waals surface area contributed by atoms with E-state index in [0.29, 0.717) is 18.1 Å². The Bertz CT molecular complexity index is 1020. The summed E-state index contributed by atoms with van der Waals surface area (Å²) in [6.07, 6.45) is 1.23. The number of amides is 2. The maximum absolute atomic E-state index is 12.3. The number of fused-ring (bicyclic) bond motifs is 3. The molecular formula is C17H15N3O4S. The SMILES string of the molecule is Cn1c2ccccc2c2cc(C(=O)NNC(=O)C3=COCCO3)sc21. The molecule has 7 nitrogen and oxygen atoms in total. The third-order valence-corrected chi connectivity index (χ3v) is 5.17. The van der Waals surface area contributed by atoms with Crippen molar-refractivity contribution in [2.45, 2.75) is 0 Å². The van der Waals surface area contributed by atoms with E-state index in [-0.39, 0.29) is 11.7 Å². The lowest BCUT2D eigenvalue weighted by Gasteiger charge is -2.15. The molecule has 2 N–H and O–H groups in total. The summed E-state index contributed by atoms with van der Waals surface area (Å²) in [5.41, 5.74) is 5.84. The molecule has 1 aromatic carbocycles. The number of hydrogen-bond acceptors (Lipinski definition) is 5. The minimum atomic E-state index is -0.556. The number of para-hydroxylation sites is 1. The van der Waals surface area contributed by atoms with Crippen LogP contribution in [0.15, 0.2) is 42.4 Å². The Kier molecular flexibility index (Phi) is 3.81. The highest BCUT2D eigenvalue weighted by atomic mass is 32.1. The van der Waals surface area contributed by atoms with Crippen molar-refractivity contribution in [3.63, 3.8) is 0 Å². The van der Waals surface area contributed by atoms with Crippen molar-refractivity contribution in [3.8, 4) is 0 Å². The quantitative estimate of drug-likeness (QED) is 0.688. The fraction of sp³-hybridized carbons (Fsp3) is 0.176. The van der Waals surface area contributed by atoms with Crippen LogP contribution in [-0.2, 0) is 21.3 Å². The summed E-state index contributed by atoms with van der Waals surface area (Å²) < 4.78 is 12.2. The van der Waals surface area contributed by atoms with Gasteiger partial charge in [-0.05, 0) is 12.1 Å². The summed E-state index contributed by atoms with van der Waals surface area (Å²) in [4.78, 5) is 25.7. The van der Waals surface area contributed by atoms with Crippen LogP contribution >= 0.6 is 11.3 Å². The van der Waals surface area contributed by atoms with E-state index in [0.717, 1.165) is 21.1 Å². The van der Waals surface area contributed by atoms with Gasteiger partial charge in [-0.15, -0.1) is 11.3 Å². The van der Waals surface area contributed by atoms with E-state index in [4.69, 9.17) is 9.47 Å². The van der Waals surface area contributed by atoms with E-state index >= 15 is 0 Å². The molecule has 0 aliphatic carbocycles. The summed E-state index contributed by atoms with van der Waals surface area (Å²) >= 11 is 1.37. The Labute approximate surface area is 146 Å². The van der Waals surface area contributed by atoms with Crippen molar-refractivity contribution in [1.82, 2.24) is 15.4 Å². The summed E-state index contributed by atoms with van der Waals surface area (Å²) in [7, 11) is 1.97. The lowest BCUT2D eigenvalue weighted by Crippen LogP contribution is -2.42. The van der Waals surface area contributed by atoms with Crippen LogP contribution in [0, 0.1) is 0 Å². The predicted octanol–water partition coefficient (Wildman–Crippen LogP) is 2.04. The molecule has 0 bridgehead atoms. The Morgan fingerprint density at radius 2 is 1.92 bits per heavy atom. The molecule has 4 rings (SSSR count). The normalized spacial score (nSPS) is 13.9. The number of nitrogens with one attached hydrogen (secondary N) is 2. The number of carbonyl (C=O) groups is 2. The zero-order valence-electron chi connectivity index (χ0n) is 13.4. The Morgan fingerprint density at radius 1 is 1.12 bits per heavy atom. The third-order valence-electron chi connectivity index (χ3n) is 3.96. The highest BCUT2D eigenvalue weighted by molar-refractivity contribution is 7.20. The zero-order chi connectivity index (χ0) is 17.4. The molecule has 128 valence electrons. The van der Waals surface area contributed by atoms with Crippen molar-refractivity contribution >= 4 is 44.3 Å². The van der Waals surface area contributed by atoms with E-state index in [2.05, 4.69) is 15.4 Å². The number of hydrogen-bond donors (Lipinski definition) is 2. The van der Waals surface area contributed by atoms with Crippen LogP contribution in [-0.4, -0.2) is 29.6 Å². The standard InChI is InChI=1S/C17H15N3O4S/c1-20-12-5-3-2-4-10(12)11-8-14(25-17(11)20)16(22)19-18-15(21)13-9-23-6-7-24-13/h2-5,8-9H,6-7H2,1H3,(H,18,21)(H,19,22). The summed E-state index contributed by atoms with van der Waals surface area (Å²) in [6, 6.07) is 9.87. The van der Waals surface area contributed by atoms with Gasteiger partial charge in [0.25, 0.3) is 5.91 Å². The second-order valence-corrected chi connectivity index (χ2v) is 6.55. The minimum Gasteiger partial charge on any atom is -0.494 e. The smallest absolute Gasteiger partial charge is 0.308 e. The van der Waals surface area contributed by atoms with Gasteiger partial charge in [0.15, 0.2) is 0 Å². The molecule has 3 heterocycles. The maximum Gasteiger partial charge on any atom is 0.308 e. The van der Waals surface area contributed by atoms with Gasteiger partial charge >= 0.3 is 5.91 Å². The van der Waals surface area contributed by atoms with Crippen LogP contribution in [0.3, 0.4) is 0 Å². The highest BCUT2D eigenvalue weighted by Crippen LogP contribution is 2.34. The van der Waals surface area contributed by atoms with Crippen molar-refractivity contribution in [2.24, 2.45) is 7.05 Å². The van der Waals surface area contributed by atoms with E-state index in [1.54, 1.807) is 0 Å². The molecule has 1 aliphatic rings. The largest absolute Gasteiger partial charge is 0.494 e. The average Bonchev–Trinajstić information content (AvgIpc) is 3.20. The number of rotatable bonds is 2. The maximum atomic E-state index is 12.3. The molecule has 2 amide bonds. The van der Waals surface area contributed by atoms with Crippen LogP contribution in [0.1, 0.15) is 9.67 Å². The topological polar surface area (TPSA) is 81.6 Å². The monoisotopic (exact) mass is 357 g/mol. The number of aromatic nitrogens is 1. The van der Waals surface area contributed by atoms with Gasteiger partial charge < -0.3 is 14.0 Å². The van der Waals surface area contributed by atoms with Crippen LogP contribution in [0.5, 0.6) is 0 Å². The molecule has 0 saturated heterocycles. The van der Waals surface area contributed by atoms with Gasteiger partial charge in [0.1, 0.15) is 24.3 Å². The number of hydrazine groups is 1. The molecule has 0 saturated carbocycles. The number of carbonyl (C=O) groups excluding carboxylic acids is 2. The predicted molar refractivity (Wildman–Crippen MR) is 93.9 cm³/mol. The Hall–Kier alpha value is -3.00. The number of ether oxygens (including phenoxy) is 2. The van der Waals surface area contributed by atoms with Crippen molar-refractivity contribution in [1.29, 1.82) is 0 Å². The van der Waals surface area contributed by atoms with Gasteiger partial charge in [-0.3, -0.25) is 20.4 Å². The first-order valence-electron chi connectivity index (χ1n) is 7.67. The van der Waals surface area contributed by atoms with Gasteiger partial charge in [0.2, 0.25) is 5.76 Å². The van der Waals surface area contributed by atoms with Crippen molar-refractivity contribution in [2.75, 3.05) is 13.2 Å². The fourth-order valence-electron chi connectivity index (χ4n) is 2.76. The van der Waals surface area contributed by atoms with E-state index in [9.17, 15) is 9.59 Å². The fourth-order valence-corrected chi connectivity index (χ4v) is 3.81. The number of benzene rings is 1. The Morgan fingerprint density at radius 3 is 2.72 bits per heavy atom. The van der Waals surface area contributed by atoms with Gasteiger partial charge in [0.05, 0.1) is 4.88 Å². The molecule has 1 aliphatic heterocycles. The average molecular weight is 357 g/mol. The van der Waals surface area contributed by atoms with Gasteiger partial charge in [-0.2, -0.15) is 0 Å². The lowest BCUT2D eigenvalue weighted by molar-refractivity contribution is -0.123. The van der Waals surface area contributed by atoms with Gasteiger partial charge in [0, 0.05) is 23.3 Å². The molecule has 3 aromatic rings. The number of aryl methyl sites for hydroxylation is 1. The molecule has 2 aromatic heterocycles. The highest BCUT2D eigenvalue weighted by Gasteiger charge is 2.18. The second kappa shape index (κ2) is 6.14. The minimum absolute atomic E-state index is 0.0360. The van der Waals surface area contributed by atoms with Crippen LogP contribution in [0.25, 0.3) is 21.1 Å². The molecule has 0 atom stereocenters. The second-order valence-electron chi connectivity index (χ2n) is 5.52. The van der Waals surface area contributed by atoms with Crippen LogP contribution in [0.2, 0.25) is 0 Å². The summed E-state index contributed by atoms with van der Waals surface area (Å²) in [5.74, 6) is -0.899. The van der Waals surface area contributed by atoms with Crippen molar-refractivity contribution < 1.29 is 19.1 Å². The summed E-state index contributed by atoms with van der Waals surface area (Å²) in [6.45, 7) is 0.704. The van der Waals surface area contributed by atoms with Crippen LogP contribution < -0.4 is 10.9 Å². The first kappa shape index (κ1) is 15.5. The lowest BCUT2D eigenvalue weighted by atomic mass is 10.2. The van der Waals surface area contributed by atoms with Crippen molar-refractivity contribution in [3.05, 3.63) is 47.2 Å². The molecule has 0 radical (unpaired) electrons. The third kappa shape index (κ3) is 2.70. The number of nitrogens with zero attached hydrogens (tertiary/aromatic N) is 1. The molecule has 0 spiro atoms. The van der Waals surface area contributed by atoms with Crippen LogP contribution in [0.4, 0.5) is 0 Å². The van der Waals surface area contributed by atoms with Gasteiger partial charge in [-0.25, -0.2) is 0 Å².